The van der Waals surface area contributed by atoms with Gasteiger partial charge in [0.25, 0.3) is 0 Å². The molecule has 9 nitrogen and oxygen atoms in total. The molecule has 74 valence electrons. The molecule has 0 aromatic heterocycles. The predicted molar refractivity (Wildman–Crippen MR) is 33.7 cm³/mol. The Morgan fingerprint density at radius 2 is 0.615 bits per heavy atom. The summed E-state index contributed by atoms with van der Waals surface area (Å²) in [6.45, 7) is 0. The van der Waals surface area contributed by atoms with Gasteiger partial charge >= 0.3 is 46.4 Å². The Kier molecular flexibility index (Phi) is 30.8. The molecule has 0 bridgehead atoms. The minimum atomic E-state index is -3.13. The minimum absolute atomic E-state index is 0. The number of hydrogen-bond donors (Lipinski definition) is 6. The molecule has 0 amide bonds. The molecule has 0 fully saturated rings. The first-order chi connectivity index (χ1) is 5.20. The van der Waals surface area contributed by atoms with Gasteiger partial charge in [0.2, 0.25) is 0 Å². The molecule has 13 heavy (non-hydrogen) atoms. The van der Waals surface area contributed by atoms with E-state index in [1.54, 1.807) is 0 Å². The number of hydrogen-bond acceptors (Lipinski definition) is 3. The molecule has 13 heteroatoms. The first kappa shape index (κ1) is 22.9. The van der Waals surface area contributed by atoms with Crippen LogP contribution in [0.3, 0.4) is 0 Å². The molecule has 0 saturated heterocycles. The van der Waals surface area contributed by atoms with E-state index in [-0.39, 0.29) is 20.3 Å². The molecule has 0 spiro atoms. The molecule has 0 rings (SSSR count). The molecule has 6 N–H and O–H groups in total. The van der Waals surface area contributed by atoms with Crippen LogP contribution < -0.4 is 18.9 Å². The fourth-order valence-corrected chi connectivity index (χ4v) is 0. The molecule has 0 atom stereocenters. The Morgan fingerprint density at radius 3 is 0.615 bits per heavy atom. The van der Waals surface area contributed by atoms with Gasteiger partial charge in [-0.1, -0.05) is 0 Å². The molecular weight excluding hydrogens is 235 g/mol. The molecule has 0 aromatic carbocycles. The molecule has 0 aliphatic heterocycles. The van der Waals surface area contributed by atoms with E-state index >= 15 is 0 Å². The van der Waals surface area contributed by atoms with Crippen LogP contribution in [0.4, 0.5) is 0 Å². The SMILES string of the molecule is O=[Si](O)O.O=[Si](O)O.O=[Si](O)O.[H-].[Li+]. The van der Waals surface area contributed by atoms with Gasteiger partial charge in [-0.05, 0) is 0 Å². The van der Waals surface area contributed by atoms with Gasteiger partial charge < -0.3 is 30.2 Å². The maximum absolute atomic E-state index is 8.74. The van der Waals surface area contributed by atoms with E-state index in [1.165, 1.54) is 0 Å². The summed E-state index contributed by atoms with van der Waals surface area (Å²) in [6.07, 6.45) is 0. The Labute approximate surface area is 90.3 Å². The molecular formula is H7LiO9Si3. The Bertz CT molecular complexity index is 118. The van der Waals surface area contributed by atoms with E-state index < -0.39 is 27.5 Å². The fourth-order valence-electron chi connectivity index (χ4n) is 0. The van der Waals surface area contributed by atoms with Gasteiger partial charge in [0.15, 0.2) is 0 Å². The van der Waals surface area contributed by atoms with Crippen LogP contribution in [0.5, 0.6) is 0 Å². The topological polar surface area (TPSA) is 173 Å². The van der Waals surface area contributed by atoms with Crippen molar-refractivity contribution in [2.45, 2.75) is 0 Å². The second kappa shape index (κ2) is 17.5. The van der Waals surface area contributed by atoms with Crippen LogP contribution in [0.25, 0.3) is 0 Å². The van der Waals surface area contributed by atoms with Gasteiger partial charge in [-0.2, -0.15) is 0 Å². The van der Waals surface area contributed by atoms with Gasteiger partial charge in [0, 0.05) is 0 Å². The smallest absolute Gasteiger partial charge is 1.00 e. The Hall–Kier alpha value is -0.552. The molecule has 0 unspecified atom stereocenters. The van der Waals surface area contributed by atoms with Crippen LogP contribution in [0.2, 0.25) is 0 Å². The summed E-state index contributed by atoms with van der Waals surface area (Å²) in [5.74, 6) is 0. The van der Waals surface area contributed by atoms with Crippen LogP contribution in [0.1, 0.15) is 1.43 Å². The molecule has 0 aliphatic rings. The van der Waals surface area contributed by atoms with Gasteiger partial charge in [-0.15, -0.1) is 0 Å². The first-order valence-corrected chi connectivity index (χ1v) is 5.86. The molecule has 0 aromatic rings. The zero-order chi connectivity index (χ0) is 10.7. The Morgan fingerprint density at radius 1 is 0.615 bits per heavy atom. The summed E-state index contributed by atoms with van der Waals surface area (Å²) in [5, 5.41) is 0. The van der Waals surface area contributed by atoms with Crippen LogP contribution >= 0.6 is 0 Å². The van der Waals surface area contributed by atoms with Crippen LogP contribution in [-0.4, -0.2) is 56.3 Å². The Balaban J connectivity index is -0.0000000270. The third-order valence-electron chi connectivity index (χ3n) is 0. The summed E-state index contributed by atoms with van der Waals surface area (Å²) in [4.78, 5) is 42.9. The standard InChI is InChI=1S/Li.3H2O3Si.H/c;3*1-4(2)3;/h;3*1-2H;/q+1;;;;-1. The summed E-state index contributed by atoms with van der Waals surface area (Å²) in [5.41, 5.74) is 0. The molecule has 0 radical (unpaired) electrons. The van der Waals surface area contributed by atoms with Gasteiger partial charge in [-0.25, -0.2) is 0 Å². The second-order valence-electron chi connectivity index (χ2n) is 0.848. The van der Waals surface area contributed by atoms with Crippen LogP contribution in [0.15, 0.2) is 0 Å². The zero-order valence-corrected chi connectivity index (χ0v) is 9.41. The van der Waals surface area contributed by atoms with E-state index in [9.17, 15) is 0 Å². The predicted octanol–water partition coefficient (Wildman–Crippen LogP) is -7.72. The van der Waals surface area contributed by atoms with E-state index in [0.717, 1.165) is 0 Å². The van der Waals surface area contributed by atoms with Gasteiger partial charge in [0.05, 0.1) is 0 Å². The van der Waals surface area contributed by atoms with Crippen molar-refractivity contribution in [1.82, 2.24) is 0 Å². The van der Waals surface area contributed by atoms with E-state index in [1.807, 2.05) is 0 Å². The minimum Gasteiger partial charge on any atom is -1.00 e. The van der Waals surface area contributed by atoms with Crippen molar-refractivity contribution < 1.29 is 62.4 Å². The molecule has 0 aliphatic carbocycles. The quantitative estimate of drug-likeness (QED) is 0.225. The number of rotatable bonds is 0. The monoisotopic (exact) mass is 242 g/mol. The van der Waals surface area contributed by atoms with Crippen molar-refractivity contribution in [2.75, 3.05) is 0 Å². The summed E-state index contributed by atoms with van der Waals surface area (Å²) >= 11 is 0. The maximum atomic E-state index is 8.74. The van der Waals surface area contributed by atoms with Crippen molar-refractivity contribution >= 4 is 27.5 Å². The zero-order valence-electron chi connectivity index (χ0n) is 7.41. The first-order valence-electron chi connectivity index (χ1n) is 1.95. The summed E-state index contributed by atoms with van der Waals surface area (Å²) < 4.78 is 26.2. The van der Waals surface area contributed by atoms with Crippen molar-refractivity contribution in [3.8, 4) is 0 Å². The molecule has 0 saturated carbocycles. The second-order valence-corrected chi connectivity index (χ2v) is 2.54. The third-order valence-corrected chi connectivity index (χ3v) is 0. The normalized spacial score (nSPS) is 5.54. The fraction of sp³-hybridized carbons (Fsp3) is 0. The van der Waals surface area contributed by atoms with Crippen molar-refractivity contribution in [3.05, 3.63) is 0 Å². The van der Waals surface area contributed by atoms with Crippen LogP contribution in [-0.2, 0) is 13.4 Å². The maximum Gasteiger partial charge on any atom is 1.00 e. The molecule has 0 heterocycles. The average molecular weight is 242 g/mol. The van der Waals surface area contributed by atoms with Crippen molar-refractivity contribution in [2.24, 2.45) is 0 Å². The third kappa shape index (κ3) is 3350. The largest absolute Gasteiger partial charge is 1.00 e. The van der Waals surface area contributed by atoms with E-state index in [4.69, 9.17) is 42.2 Å². The van der Waals surface area contributed by atoms with Crippen molar-refractivity contribution in [1.29, 1.82) is 0 Å². The van der Waals surface area contributed by atoms with Gasteiger partial charge in [0.1, 0.15) is 0 Å². The van der Waals surface area contributed by atoms with E-state index in [0.29, 0.717) is 0 Å². The van der Waals surface area contributed by atoms with Crippen LogP contribution in [0, 0.1) is 0 Å². The van der Waals surface area contributed by atoms with Crippen molar-refractivity contribution in [3.63, 3.8) is 0 Å². The summed E-state index contributed by atoms with van der Waals surface area (Å²) in [6, 6.07) is 0. The van der Waals surface area contributed by atoms with Gasteiger partial charge in [-0.3, -0.25) is 13.4 Å². The van der Waals surface area contributed by atoms with E-state index in [2.05, 4.69) is 0 Å². The average Bonchev–Trinajstić information content (AvgIpc) is 1.54. The summed E-state index contributed by atoms with van der Waals surface area (Å²) in [7, 11) is -9.39.